The number of hydrogen-bond acceptors (Lipinski definition) is 6. The van der Waals surface area contributed by atoms with E-state index in [1.165, 1.54) is 12.8 Å². The SMILES string of the molecule is Cc1csc(N2CCN(C(=O)NCc3cccnc3OC3CCCC3)CC2)n1. The third-order valence-corrected chi connectivity index (χ3v) is 6.32. The Morgan fingerprint density at radius 2 is 2.07 bits per heavy atom. The number of aromatic nitrogens is 2. The Labute approximate surface area is 169 Å². The van der Waals surface area contributed by atoms with Crippen molar-refractivity contribution >= 4 is 22.5 Å². The molecule has 1 N–H and O–H groups in total. The summed E-state index contributed by atoms with van der Waals surface area (Å²) in [5.74, 6) is 0.652. The number of pyridine rings is 1. The minimum Gasteiger partial charge on any atom is -0.474 e. The van der Waals surface area contributed by atoms with Gasteiger partial charge in [0.05, 0.1) is 5.69 Å². The second-order valence-corrected chi connectivity index (χ2v) is 8.23. The predicted octanol–water partition coefficient (Wildman–Crippen LogP) is 3.20. The van der Waals surface area contributed by atoms with E-state index in [0.29, 0.717) is 25.5 Å². The number of rotatable bonds is 5. The van der Waals surface area contributed by atoms with Gasteiger partial charge in [-0.1, -0.05) is 6.07 Å². The molecule has 1 saturated heterocycles. The molecule has 1 aliphatic carbocycles. The number of anilines is 1. The first kappa shape index (κ1) is 19.0. The van der Waals surface area contributed by atoms with Crippen molar-refractivity contribution in [3.8, 4) is 5.88 Å². The average molecular weight is 402 g/mol. The van der Waals surface area contributed by atoms with Crippen LogP contribution in [0, 0.1) is 6.92 Å². The zero-order valence-electron chi connectivity index (χ0n) is 16.3. The van der Waals surface area contributed by atoms with Crippen LogP contribution in [0.25, 0.3) is 0 Å². The normalized spacial score (nSPS) is 17.8. The smallest absolute Gasteiger partial charge is 0.317 e. The first-order valence-electron chi connectivity index (χ1n) is 9.99. The molecule has 0 spiro atoms. The van der Waals surface area contributed by atoms with E-state index in [0.717, 1.165) is 42.3 Å². The van der Waals surface area contributed by atoms with Gasteiger partial charge >= 0.3 is 6.03 Å². The van der Waals surface area contributed by atoms with Crippen LogP contribution in [0.1, 0.15) is 36.9 Å². The van der Waals surface area contributed by atoms with Crippen LogP contribution in [0.15, 0.2) is 23.7 Å². The summed E-state index contributed by atoms with van der Waals surface area (Å²) in [6, 6.07) is 3.82. The van der Waals surface area contributed by atoms with Crippen molar-refractivity contribution in [3.05, 3.63) is 35.0 Å². The van der Waals surface area contributed by atoms with Gasteiger partial charge < -0.3 is 19.9 Å². The molecule has 2 aliphatic rings. The molecule has 0 unspecified atom stereocenters. The topological polar surface area (TPSA) is 70.6 Å². The number of carbonyl (C=O) groups excluding carboxylic acids is 1. The van der Waals surface area contributed by atoms with Gasteiger partial charge in [-0.2, -0.15) is 0 Å². The van der Waals surface area contributed by atoms with Crippen molar-refractivity contribution < 1.29 is 9.53 Å². The third-order valence-electron chi connectivity index (χ3n) is 5.30. The van der Waals surface area contributed by atoms with Crippen molar-refractivity contribution in [1.29, 1.82) is 0 Å². The zero-order chi connectivity index (χ0) is 19.3. The lowest BCUT2D eigenvalue weighted by molar-refractivity contribution is 0.191. The van der Waals surface area contributed by atoms with Crippen LogP contribution in [0.2, 0.25) is 0 Å². The molecule has 0 radical (unpaired) electrons. The summed E-state index contributed by atoms with van der Waals surface area (Å²) in [4.78, 5) is 25.6. The molecule has 2 amide bonds. The summed E-state index contributed by atoms with van der Waals surface area (Å²) in [5, 5.41) is 6.13. The fourth-order valence-corrected chi connectivity index (χ4v) is 4.56. The Kier molecular flexibility index (Phi) is 5.95. The number of carbonyl (C=O) groups is 1. The van der Waals surface area contributed by atoms with E-state index in [1.807, 2.05) is 24.0 Å². The lowest BCUT2D eigenvalue weighted by atomic mass is 10.2. The zero-order valence-corrected chi connectivity index (χ0v) is 17.1. The summed E-state index contributed by atoms with van der Waals surface area (Å²) in [7, 11) is 0. The number of amides is 2. The Morgan fingerprint density at radius 1 is 1.29 bits per heavy atom. The molecule has 2 aromatic heterocycles. The van der Waals surface area contributed by atoms with Gasteiger partial charge in [0, 0.05) is 49.9 Å². The maximum atomic E-state index is 12.6. The number of aryl methyl sites for hydroxylation is 1. The monoisotopic (exact) mass is 401 g/mol. The second kappa shape index (κ2) is 8.77. The average Bonchev–Trinajstić information content (AvgIpc) is 3.39. The Balaban J connectivity index is 1.28. The van der Waals surface area contributed by atoms with Crippen molar-refractivity contribution in [1.82, 2.24) is 20.2 Å². The summed E-state index contributed by atoms with van der Waals surface area (Å²) >= 11 is 1.66. The first-order chi connectivity index (χ1) is 13.7. The van der Waals surface area contributed by atoms with Crippen LogP contribution in [-0.2, 0) is 6.54 Å². The van der Waals surface area contributed by atoms with Crippen molar-refractivity contribution in [2.45, 2.75) is 45.3 Å². The van der Waals surface area contributed by atoms with Gasteiger partial charge in [-0.25, -0.2) is 14.8 Å². The van der Waals surface area contributed by atoms with E-state index in [9.17, 15) is 4.79 Å². The Bertz CT molecular complexity index is 797. The number of ether oxygens (including phenoxy) is 1. The number of nitrogens with one attached hydrogen (secondary N) is 1. The lowest BCUT2D eigenvalue weighted by Gasteiger charge is -2.34. The number of thiazole rings is 1. The van der Waals surface area contributed by atoms with Crippen LogP contribution in [0.3, 0.4) is 0 Å². The van der Waals surface area contributed by atoms with Gasteiger partial charge in [0.15, 0.2) is 5.13 Å². The third kappa shape index (κ3) is 4.55. The molecular weight excluding hydrogens is 374 g/mol. The van der Waals surface area contributed by atoms with Crippen molar-refractivity contribution in [2.75, 3.05) is 31.1 Å². The standard InChI is InChI=1S/C20H27N5O2S/c1-15-14-28-20(23-15)25-11-9-24(10-12-25)19(26)22-13-16-5-4-8-21-18(16)27-17-6-2-3-7-17/h4-5,8,14,17H,2-3,6-7,9-13H2,1H3,(H,22,26). The molecule has 0 aromatic carbocycles. The molecule has 2 fully saturated rings. The van der Waals surface area contributed by atoms with E-state index in [-0.39, 0.29) is 12.1 Å². The largest absolute Gasteiger partial charge is 0.474 e. The Morgan fingerprint density at radius 3 is 2.79 bits per heavy atom. The van der Waals surface area contributed by atoms with Crippen LogP contribution in [0.5, 0.6) is 5.88 Å². The summed E-state index contributed by atoms with van der Waals surface area (Å²) in [6.07, 6.45) is 6.62. The van der Waals surface area contributed by atoms with E-state index >= 15 is 0 Å². The van der Waals surface area contributed by atoms with Gasteiger partial charge in [0.2, 0.25) is 5.88 Å². The molecule has 4 rings (SSSR count). The van der Waals surface area contributed by atoms with E-state index in [4.69, 9.17) is 4.74 Å². The summed E-state index contributed by atoms with van der Waals surface area (Å²) in [5.41, 5.74) is 1.98. The second-order valence-electron chi connectivity index (χ2n) is 7.40. The predicted molar refractivity (Wildman–Crippen MR) is 110 cm³/mol. The van der Waals surface area contributed by atoms with Crippen LogP contribution >= 0.6 is 11.3 Å². The molecule has 7 nitrogen and oxygen atoms in total. The highest BCUT2D eigenvalue weighted by Crippen LogP contribution is 2.25. The fraction of sp³-hybridized carbons (Fsp3) is 0.550. The van der Waals surface area contributed by atoms with Crippen LogP contribution in [0.4, 0.5) is 9.93 Å². The molecular formula is C20H27N5O2S. The van der Waals surface area contributed by atoms with Crippen molar-refractivity contribution in [3.63, 3.8) is 0 Å². The molecule has 8 heteroatoms. The highest BCUT2D eigenvalue weighted by atomic mass is 32.1. The maximum Gasteiger partial charge on any atom is 0.317 e. The number of hydrogen-bond donors (Lipinski definition) is 1. The number of urea groups is 1. The minimum atomic E-state index is -0.0364. The maximum absolute atomic E-state index is 12.6. The quantitative estimate of drug-likeness (QED) is 0.833. The van der Waals surface area contributed by atoms with Gasteiger partial charge in [0.25, 0.3) is 0 Å². The van der Waals surface area contributed by atoms with Crippen LogP contribution < -0.4 is 15.0 Å². The first-order valence-corrected chi connectivity index (χ1v) is 10.9. The molecule has 3 heterocycles. The van der Waals surface area contributed by atoms with Gasteiger partial charge in [-0.3, -0.25) is 0 Å². The summed E-state index contributed by atoms with van der Waals surface area (Å²) in [6.45, 7) is 5.45. The van der Waals surface area contributed by atoms with Crippen LogP contribution in [-0.4, -0.2) is 53.2 Å². The molecule has 1 saturated carbocycles. The molecule has 150 valence electrons. The molecule has 0 atom stereocenters. The molecule has 28 heavy (non-hydrogen) atoms. The Hall–Kier alpha value is -2.35. The highest BCUT2D eigenvalue weighted by molar-refractivity contribution is 7.13. The van der Waals surface area contributed by atoms with Gasteiger partial charge in [0.1, 0.15) is 6.10 Å². The van der Waals surface area contributed by atoms with Crippen molar-refractivity contribution in [2.24, 2.45) is 0 Å². The fourth-order valence-electron chi connectivity index (χ4n) is 3.70. The van der Waals surface area contributed by atoms with Gasteiger partial charge in [-0.05, 0) is 38.7 Å². The van der Waals surface area contributed by atoms with E-state index in [1.54, 1.807) is 17.5 Å². The molecule has 2 aromatic rings. The highest BCUT2D eigenvalue weighted by Gasteiger charge is 2.23. The van der Waals surface area contributed by atoms with E-state index in [2.05, 4.69) is 25.6 Å². The van der Waals surface area contributed by atoms with E-state index < -0.39 is 0 Å². The number of nitrogens with zero attached hydrogens (tertiary/aromatic N) is 4. The molecule has 1 aliphatic heterocycles. The minimum absolute atomic E-state index is 0.0364. The lowest BCUT2D eigenvalue weighted by Crippen LogP contribution is -2.51. The number of piperazine rings is 1. The summed E-state index contributed by atoms with van der Waals surface area (Å²) < 4.78 is 6.06. The van der Waals surface area contributed by atoms with Gasteiger partial charge in [-0.15, -0.1) is 11.3 Å². The molecule has 0 bridgehead atoms.